The summed E-state index contributed by atoms with van der Waals surface area (Å²) in [5, 5.41) is 8.13. The Morgan fingerprint density at radius 1 is 1.23 bits per heavy atom. The Balaban J connectivity index is 1.16. The van der Waals surface area contributed by atoms with Gasteiger partial charge in [0.2, 0.25) is 11.8 Å². The fraction of sp³-hybridized carbons (Fsp3) is 0.609. The quantitative estimate of drug-likeness (QED) is 0.719. The normalized spacial score (nSPS) is 27.8. The molecule has 2 aromatic rings. The third-order valence-electron chi connectivity index (χ3n) is 7.79. The van der Waals surface area contributed by atoms with Crippen LogP contribution in [0, 0.1) is 17.3 Å². The number of aromatic nitrogens is 3. The van der Waals surface area contributed by atoms with Crippen molar-refractivity contribution in [2.24, 2.45) is 17.3 Å². The van der Waals surface area contributed by atoms with Crippen molar-refractivity contribution >= 4 is 28.6 Å². The zero-order valence-corrected chi connectivity index (χ0v) is 17.7. The molecule has 1 aliphatic heterocycles. The van der Waals surface area contributed by atoms with Gasteiger partial charge in [-0.1, -0.05) is 0 Å². The molecule has 0 bridgehead atoms. The summed E-state index contributed by atoms with van der Waals surface area (Å²) in [4.78, 5) is 44.2. The molecule has 8 nitrogen and oxygen atoms in total. The summed E-state index contributed by atoms with van der Waals surface area (Å²) in [6.07, 6.45) is 8.53. The van der Waals surface area contributed by atoms with Gasteiger partial charge in [0.15, 0.2) is 11.4 Å². The lowest BCUT2D eigenvalue weighted by molar-refractivity contribution is -0.140. The van der Waals surface area contributed by atoms with Gasteiger partial charge < -0.3 is 10.2 Å². The van der Waals surface area contributed by atoms with Gasteiger partial charge in [0.1, 0.15) is 18.3 Å². The molecule has 0 aromatic carbocycles. The maximum Gasteiger partial charge on any atom is 0.245 e. The molecule has 2 amide bonds. The summed E-state index contributed by atoms with van der Waals surface area (Å²) in [6.45, 7) is 2.17. The maximum absolute atomic E-state index is 13.3. The molecule has 6 rings (SSSR count). The molecule has 4 fully saturated rings. The van der Waals surface area contributed by atoms with E-state index in [4.69, 9.17) is 0 Å². The molecule has 1 N–H and O–H groups in total. The van der Waals surface area contributed by atoms with Crippen LogP contribution in [0.3, 0.4) is 0 Å². The highest BCUT2D eigenvalue weighted by atomic mass is 16.2. The van der Waals surface area contributed by atoms with Crippen LogP contribution in [0.25, 0.3) is 11.0 Å². The van der Waals surface area contributed by atoms with E-state index in [1.54, 1.807) is 23.2 Å². The van der Waals surface area contributed by atoms with E-state index < -0.39 is 6.04 Å². The monoisotopic (exact) mass is 421 g/mol. The van der Waals surface area contributed by atoms with Gasteiger partial charge in [-0.3, -0.25) is 14.4 Å². The number of ketones is 1. The summed E-state index contributed by atoms with van der Waals surface area (Å²) in [5.41, 5.74) is 1.48. The third-order valence-corrected chi connectivity index (χ3v) is 7.79. The first kappa shape index (κ1) is 19.0. The summed E-state index contributed by atoms with van der Waals surface area (Å²) in [6, 6.07) is 3.31. The van der Waals surface area contributed by atoms with Crippen molar-refractivity contribution in [1.82, 2.24) is 25.0 Å². The molecule has 3 heterocycles. The molecule has 1 saturated heterocycles. The average molecular weight is 422 g/mol. The average Bonchev–Trinajstić information content (AvgIpc) is 3.62. The van der Waals surface area contributed by atoms with Crippen molar-refractivity contribution in [2.75, 3.05) is 6.54 Å². The molecule has 3 atom stereocenters. The number of fused-ring (bicyclic) bond motifs is 2. The second-order valence-electron chi connectivity index (χ2n) is 10.1. The molecule has 162 valence electrons. The number of amides is 2. The van der Waals surface area contributed by atoms with E-state index in [1.165, 1.54) is 37.3 Å². The predicted molar refractivity (Wildman–Crippen MR) is 112 cm³/mol. The van der Waals surface area contributed by atoms with Crippen LogP contribution in [0.1, 0.15) is 55.9 Å². The largest absolute Gasteiger partial charge is 0.354 e. The molecule has 0 radical (unpaired) electrons. The number of carbonyl (C=O) groups is 3. The number of hydrogen-bond acceptors (Lipinski definition) is 5. The minimum atomic E-state index is -0.395. The van der Waals surface area contributed by atoms with Gasteiger partial charge >= 0.3 is 0 Å². The standard InChI is InChI=1S/C23H27N5O3/c1-13(29)20-16-3-2-6-24-21(16)27(26-20)12-19(30)28-17-7-15(17)8-18(28)22(31)25-11-14-9-23(10-14)4-5-23/h2-3,6,14-15,17-18H,4-5,7-12H2,1H3,(H,25,31)/t15-,17-,18+/m1/s1. The number of likely N-dealkylation sites (tertiary alicyclic amines) is 1. The Morgan fingerprint density at radius 2 is 2.03 bits per heavy atom. The van der Waals surface area contributed by atoms with Crippen molar-refractivity contribution < 1.29 is 14.4 Å². The molecular formula is C23H27N5O3. The number of rotatable bonds is 6. The molecule has 2 aromatic heterocycles. The van der Waals surface area contributed by atoms with Crippen LogP contribution >= 0.6 is 0 Å². The number of pyridine rings is 1. The zero-order chi connectivity index (χ0) is 21.3. The second-order valence-corrected chi connectivity index (χ2v) is 10.1. The Kier molecular flexibility index (Phi) is 4.04. The van der Waals surface area contributed by atoms with Crippen LogP contribution in [0.2, 0.25) is 0 Å². The molecule has 1 spiro atoms. The number of carbonyl (C=O) groups excluding carboxylic acids is 3. The van der Waals surface area contributed by atoms with Gasteiger partial charge in [0.05, 0.1) is 5.39 Å². The van der Waals surface area contributed by atoms with Gasteiger partial charge in [0, 0.05) is 25.7 Å². The first-order chi connectivity index (χ1) is 14.9. The van der Waals surface area contributed by atoms with E-state index in [1.807, 2.05) is 0 Å². The third kappa shape index (κ3) is 3.15. The lowest BCUT2D eigenvalue weighted by Gasteiger charge is -2.36. The van der Waals surface area contributed by atoms with Gasteiger partial charge in [-0.15, -0.1) is 0 Å². The van der Waals surface area contributed by atoms with Crippen LogP contribution < -0.4 is 5.32 Å². The van der Waals surface area contributed by atoms with E-state index in [-0.39, 0.29) is 30.2 Å². The number of Topliss-reactive ketones (excluding diaryl/α,β-unsaturated/α-hetero) is 1. The highest BCUT2D eigenvalue weighted by molar-refractivity contribution is 6.04. The first-order valence-electron chi connectivity index (χ1n) is 11.4. The van der Waals surface area contributed by atoms with Gasteiger partial charge in [-0.25, -0.2) is 9.67 Å². The molecule has 3 saturated carbocycles. The van der Waals surface area contributed by atoms with Crippen molar-refractivity contribution in [3.63, 3.8) is 0 Å². The van der Waals surface area contributed by atoms with Crippen LogP contribution in [0.5, 0.6) is 0 Å². The van der Waals surface area contributed by atoms with E-state index >= 15 is 0 Å². The van der Waals surface area contributed by atoms with E-state index in [9.17, 15) is 14.4 Å². The van der Waals surface area contributed by atoms with Crippen LogP contribution in [-0.2, 0) is 16.1 Å². The predicted octanol–water partition coefficient (Wildman–Crippen LogP) is 1.93. The van der Waals surface area contributed by atoms with E-state index in [2.05, 4.69) is 15.4 Å². The molecule has 0 unspecified atom stereocenters. The zero-order valence-electron chi connectivity index (χ0n) is 17.7. The second kappa shape index (κ2) is 6.61. The minimum absolute atomic E-state index is 0.0149. The number of nitrogens with one attached hydrogen (secondary N) is 1. The first-order valence-corrected chi connectivity index (χ1v) is 11.4. The summed E-state index contributed by atoms with van der Waals surface area (Å²) >= 11 is 0. The highest BCUT2D eigenvalue weighted by Crippen LogP contribution is 2.63. The Labute approximate surface area is 180 Å². The molecule has 31 heavy (non-hydrogen) atoms. The Hall–Kier alpha value is -2.77. The van der Waals surface area contributed by atoms with Crippen LogP contribution in [0.4, 0.5) is 0 Å². The molecule has 8 heteroatoms. The number of hydrogen-bond donors (Lipinski definition) is 1. The van der Waals surface area contributed by atoms with E-state index in [0.717, 1.165) is 19.4 Å². The molecule has 3 aliphatic carbocycles. The van der Waals surface area contributed by atoms with E-state index in [0.29, 0.717) is 34.0 Å². The van der Waals surface area contributed by atoms with Gasteiger partial charge in [0.25, 0.3) is 0 Å². The molecular weight excluding hydrogens is 394 g/mol. The van der Waals surface area contributed by atoms with Gasteiger partial charge in [-0.2, -0.15) is 5.10 Å². The lowest BCUT2D eigenvalue weighted by atomic mass is 9.72. The Bertz CT molecular complexity index is 1100. The van der Waals surface area contributed by atoms with Gasteiger partial charge in [-0.05, 0) is 67.9 Å². The topological polar surface area (TPSA) is 97.2 Å². The Morgan fingerprint density at radius 3 is 2.77 bits per heavy atom. The van der Waals surface area contributed by atoms with Crippen molar-refractivity contribution in [3.8, 4) is 0 Å². The summed E-state index contributed by atoms with van der Waals surface area (Å²) in [7, 11) is 0. The SMILES string of the molecule is CC(=O)c1nn(CC(=O)N2[C@@H]3C[C@@H]3C[C@H]2C(=O)NCC2CC3(CC3)C2)c2ncccc12. The maximum atomic E-state index is 13.3. The fourth-order valence-corrected chi connectivity index (χ4v) is 5.90. The summed E-state index contributed by atoms with van der Waals surface area (Å²) < 4.78 is 1.50. The fourth-order valence-electron chi connectivity index (χ4n) is 5.90. The van der Waals surface area contributed by atoms with Crippen molar-refractivity contribution in [1.29, 1.82) is 0 Å². The van der Waals surface area contributed by atoms with Crippen molar-refractivity contribution in [3.05, 3.63) is 24.0 Å². The lowest BCUT2D eigenvalue weighted by Crippen LogP contribution is -2.50. The molecule has 4 aliphatic rings. The number of nitrogens with zero attached hydrogens (tertiary/aromatic N) is 4. The minimum Gasteiger partial charge on any atom is -0.354 e. The number of piperidine rings is 1. The van der Waals surface area contributed by atoms with Crippen LogP contribution in [0.15, 0.2) is 18.3 Å². The summed E-state index contributed by atoms with van der Waals surface area (Å²) in [5.74, 6) is 0.714. The highest BCUT2D eigenvalue weighted by Gasteiger charge is 2.56. The van der Waals surface area contributed by atoms with Crippen LogP contribution in [-0.4, -0.2) is 55.9 Å². The van der Waals surface area contributed by atoms with Crippen molar-refractivity contribution in [2.45, 2.75) is 64.1 Å². The smallest absolute Gasteiger partial charge is 0.245 e.